The van der Waals surface area contributed by atoms with E-state index < -0.39 is 0 Å². The fourth-order valence-corrected chi connectivity index (χ4v) is 3.40. The molecule has 4 aromatic rings. The molecule has 4 rings (SSSR count). The molecule has 6 heteroatoms. The van der Waals surface area contributed by atoms with Gasteiger partial charge >= 0.3 is 0 Å². The van der Waals surface area contributed by atoms with Gasteiger partial charge in [0.05, 0.1) is 12.8 Å². The van der Waals surface area contributed by atoms with Gasteiger partial charge in [-0.15, -0.1) is 0 Å². The molecule has 0 N–H and O–H groups in total. The quantitative estimate of drug-likeness (QED) is 0.417. The van der Waals surface area contributed by atoms with Crippen LogP contribution in [0.1, 0.15) is 27.4 Å². The van der Waals surface area contributed by atoms with Gasteiger partial charge in [0.2, 0.25) is 0 Å². The molecule has 4 nitrogen and oxygen atoms in total. The van der Waals surface area contributed by atoms with Crippen LogP contribution in [0.5, 0.6) is 0 Å². The molecule has 1 amide bonds. The van der Waals surface area contributed by atoms with Gasteiger partial charge in [0.25, 0.3) is 5.91 Å². The lowest BCUT2D eigenvalue weighted by Crippen LogP contribution is -2.30. The molecule has 0 fully saturated rings. The first-order chi connectivity index (χ1) is 13.5. The number of benzene rings is 2. The summed E-state index contributed by atoms with van der Waals surface area (Å²) in [5.41, 5.74) is 1.96. The lowest BCUT2D eigenvalue weighted by molar-refractivity contribution is 0.0686. The third-order valence-corrected chi connectivity index (χ3v) is 4.80. The van der Waals surface area contributed by atoms with Crippen molar-refractivity contribution in [3.8, 4) is 0 Å². The maximum atomic E-state index is 13.6. The molecular weight excluding hydrogens is 381 g/mol. The predicted molar refractivity (Wildman–Crippen MR) is 105 cm³/mol. The van der Waals surface area contributed by atoms with Crippen LogP contribution in [0.3, 0.4) is 0 Å². The number of furan rings is 2. The lowest BCUT2D eigenvalue weighted by Gasteiger charge is -2.21. The van der Waals surface area contributed by atoms with Crippen LogP contribution in [0, 0.1) is 12.7 Å². The first kappa shape index (κ1) is 18.3. The van der Waals surface area contributed by atoms with Crippen LogP contribution >= 0.6 is 11.6 Å². The molecule has 0 unspecified atom stereocenters. The minimum atomic E-state index is -0.373. The number of halogens is 2. The summed E-state index contributed by atoms with van der Waals surface area (Å²) in [6.45, 7) is 2.34. The Morgan fingerprint density at radius 1 is 1.11 bits per heavy atom. The van der Waals surface area contributed by atoms with Crippen molar-refractivity contribution in [1.82, 2.24) is 4.90 Å². The van der Waals surface area contributed by atoms with Crippen molar-refractivity contribution in [3.63, 3.8) is 0 Å². The first-order valence-electron chi connectivity index (χ1n) is 8.76. The summed E-state index contributed by atoms with van der Waals surface area (Å²) < 4.78 is 24.8. The van der Waals surface area contributed by atoms with Crippen molar-refractivity contribution in [2.75, 3.05) is 0 Å². The van der Waals surface area contributed by atoms with Crippen LogP contribution in [0.25, 0.3) is 11.0 Å². The summed E-state index contributed by atoms with van der Waals surface area (Å²) in [5, 5.41) is 1.18. The Balaban J connectivity index is 1.71. The van der Waals surface area contributed by atoms with Crippen LogP contribution in [-0.2, 0) is 13.1 Å². The van der Waals surface area contributed by atoms with Gasteiger partial charge in [0.15, 0.2) is 5.76 Å². The van der Waals surface area contributed by atoms with Crippen LogP contribution in [-0.4, -0.2) is 10.8 Å². The number of rotatable bonds is 5. The molecule has 0 aliphatic carbocycles. The summed E-state index contributed by atoms with van der Waals surface area (Å²) in [6.07, 6.45) is 1.56. The highest BCUT2D eigenvalue weighted by Gasteiger charge is 2.24. The zero-order valence-electron chi connectivity index (χ0n) is 15.1. The summed E-state index contributed by atoms with van der Waals surface area (Å²) in [6, 6.07) is 15.1. The van der Waals surface area contributed by atoms with Gasteiger partial charge in [0, 0.05) is 22.5 Å². The van der Waals surface area contributed by atoms with E-state index in [-0.39, 0.29) is 24.0 Å². The van der Waals surface area contributed by atoms with Crippen LogP contribution in [0.2, 0.25) is 5.02 Å². The summed E-state index contributed by atoms with van der Waals surface area (Å²) in [7, 11) is 0. The van der Waals surface area contributed by atoms with E-state index in [0.29, 0.717) is 33.9 Å². The Labute approximate surface area is 166 Å². The summed E-state index contributed by atoms with van der Waals surface area (Å²) in [5.74, 6) is 0.164. The minimum absolute atomic E-state index is 0.189. The van der Waals surface area contributed by atoms with E-state index in [1.165, 1.54) is 18.2 Å². The van der Waals surface area contributed by atoms with Gasteiger partial charge in [-0.3, -0.25) is 4.79 Å². The molecular formula is C22H17ClFNO3. The summed E-state index contributed by atoms with van der Waals surface area (Å²) >= 11 is 6.09. The first-order valence-corrected chi connectivity index (χ1v) is 9.14. The van der Waals surface area contributed by atoms with Gasteiger partial charge in [-0.25, -0.2) is 4.39 Å². The highest BCUT2D eigenvalue weighted by Crippen LogP contribution is 2.28. The maximum Gasteiger partial charge on any atom is 0.290 e. The Morgan fingerprint density at radius 2 is 1.96 bits per heavy atom. The fourth-order valence-electron chi connectivity index (χ4n) is 3.19. The number of carbonyl (C=O) groups excluding carboxylic acids is 1. The number of aryl methyl sites for hydroxylation is 1. The smallest absolute Gasteiger partial charge is 0.290 e. The van der Waals surface area contributed by atoms with E-state index in [2.05, 4.69) is 0 Å². The Morgan fingerprint density at radius 3 is 2.71 bits per heavy atom. The average Bonchev–Trinajstić information content (AvgIpc) is 3.29. The van der Waals surface area contributed by atoms with Gasteiger partial charge in [-0.2, -0.15) is 0 Å². The molecule has 0 aliphatic heterocycles. The van der Waals surface area contributed by atoms with E-state index in [1.54, 1.807) is 36.3 Å². The third-order valence-electron chi connectivity index (χ3n) is 4.57. The van der Waals surface area contributed by atoms with Gasteiger partial charge in [-0.05, 0) is 55.0 Å². The predicted octanol–water partition coefficient (Wildman–Crippen LogP) is 5.97. The van der Waals surface area contributed by atoms with Crippen molar-refractivity contribution < 1.29 is 18.0 Å². The molecule has 0 atom stereocenters. The van der Waals surface area contributed by atoms with Crippen LogP contribution in [0.15, 0.2) is 69.7 Å². The molecule has 142 valence electrons. The number of amides is 1. The SMILES string of the molecule is Cc1c(C(=O)N(Cc2cccc(Cl)c2)Cc2ccco2)oc2ccc(F)cc12. The Hall–Kier alpha value is -3.05. The molecule has 0 saturated heterocycles. The number of hydrogen-bond acceptors (Lipinski definition) is 3. The molecule has 2 aromatic carbocycles. The molecule has 0 bridgehead atoms. The van der Waals surface area contributed by atoms with Gasteiger partial charge < -0.3 is 13.7 Å². The molecule has 28 heavy (non-hydrogen) atoms. The molecule has 0 radical (unpaired) electrons. The van der Waals surface area contributed by atoms with Crippen LogP contribution in [0.4, 0.5) is 4.39 Å². The number of nitrogens with zero attached hydrogens (tertiary/aromatic N) is 1. The molecule has 0 aliphatic rings. The monoisotopic (exact) mass is 397 g/mol. The highest BCUT2D eigenvalue weighted by molar-refractivity contribution is 6.30. The maximum absolute atomic E-state index is 13.6. The number of hydrogen-bond donors (Lipinski definition) is 0. The summed E-state index contributed by atoms with van der Waals surface area (Å²) in [4.78, 5) is 14.9. The highest BCUT2D eigenvalue weighted by atomic mass is 35.5. The van der Waals surface area contributed by atoms with Crippen molar-refractivity contribution in [2.45, 2.75) is 20.0 Å². The van der Waals surface area contributed by atoms with Crippen molar-refractivity contribution in [3.05, 3.63) is 94.3 Å². The van der Waals surface area contributed by atoms with E-state index in [1.807, 2.05) is 18.2 Å². The second kappa shape index (κ2) is 7.52. The standard InChI is InChI=1S/C22H17ClFNO3/c1-14-19-11-17(24)7-8-20(19)28-21(14)22(26)25(13-18-6-3-9-27-18)12-15-4-2-5-16(23)10-15/h2-11H,12-13H2,1H3. The zero-order valence-corrected chi connectivity index (χ0v) is 15.9. The van der Waals surface area contributed by atoms with Gasteiger partial charge in [-0.1, -0.05) is 23.7 Å². The topological polar surface area (TPSA) is 46.6 Å². The van der Waals surface area contributed by atoms with E-state index in [4.69, 9.17) is 20.4 Å². The molecule has 2 aromatic heterocycles. The van der Waals surface area contributed by atoms with Crippen LogP contribution < -0.4 is 0 Å². The number of fused-ring (bicyclic) bond motifs is 1. The third kappa shape index (κ3) is 3.66. The van der Waals surface area contributed by atoms with Gasteiger partial charge in [0.1, 0.15) is 17.2 Å². The van der Waals surface area contributed by atoms with Crippen molar-refractivity contribution >= 4 is 28.5 Å². The zero-order chi connectivity index (χ0) is 19.7. The van der Waals surface area contributed by atoms with E-state index >= 15 is 0 Å². The average molecular weight is 398 g/mol. The number of carbonyl (C=O) groups is 1. The molecule has 0 saturated carbocycles. The fraction of sp³-hybridized carbons (Fsp3) is 0.136. The van der Waals surface area contributed by atoms with E-state index in [0.717, 1.165) is 5.56 Å². The normalized spacial score (nSPS) is 11.1. The van der Waals surface area contributed by atoms with E-state index in [9.17, 15) is 9.18 Å². The molecule has 0 spiro atoms. The minimum Gasteiger partial charge on any atom is -0.467 e. The van der Waals surface area contributed by atoms with Crippen molar-refractivity contribution in [1.29, 1.82) is 0 Å². The van der Waals surface area contributed by atoms with Crippen molar-refractivity contribution in [2.24, 2.45) is 0 Å². The Kier molecular flexibility index (Phi) is 4.92. The Bertz CT molecular complexity index is 1130. The molecule has 2 heterocycles. The largest absolute Gasteiger partial charge is 0.467 e. The lowest BCUT2D eigenvalue weighted by atomic mass is 10.1. The second-order valence-electron chi connectivity index (χ2n) is 6.57. The second-order valence-corrected chi connectivity index (χ2v) is 7.00.